The van der Waals surface area contributed by atoms with E-state index in [1.54, 1.807) is 26.0 Å². The van der Waals surface area contributed by atoms with Crippen molar-refractivity contribution in [3.63, 3.8) is 0 Å². The van der Waals surface area contributed by atoms with Crippen molar-refractivity contribution in [2.45, 2.75) is 50.5 Å². The normalized spacial score (nSPS) is 21.4. The second-order valence-corrected chi connectivity index (χ2v) is 10.1. The van der Waals surface area contributed by atoms with Crippen LogP contribution in [0, 0.1) is 13.8 Å². The van der Waals surface area contributed by atoms with Crippen LogP contribution < -0.4 is 9.03 Å². The molecule has 1 N–H and O–H groups in total. The highest BCUT2D eigenvalue weighted by molar-refractivity contribution is 7.92. The summed E-state index contributed by atoms with van der Waals surface area (Å²) in [5, 5.41) is 0. The number of nitrogens with zero attached hydrogens (tertiary/aromatic N) is 1. The minimum absolute atomic E-state index is 0.0425. The molecule has 1 aliphatic heterocycles. The van der Waals surface area contributed by atoms with Crippen LogP contribution in [0.25, 0.3) is 0 Å². The van der Waals surface area contributed by atoms with Gasteiger partial charge in [0.15, 0.2) is 0 Å². The van der Waals surface area contributed by atoms with Crippen molar-refractivity contribution in [1.82, 2.24) is 4.72 Å². The van der Waals surface area contributed by atoms with E-state index in [-0.39, 0.29) is 16.7 Å². The van der Waals surface area contributed by atoms with Crippen molar-refractivity contribution < 1.29 is 16.8 Å². The van der Waals surface area contributed by atoms with E-state index in [1.165, 1.54) is 4.31 Å². The number of aryl methyl sites for hydroxylation is 2. The molecular formula is C15H22N2O4S2. The van der Waals surface area contributed by atoms with Gasteiger partial charge in [0.1, 0.15) is 0 Å². The molecule has 0 spiro atoms. The highest BCUT2D eigenvalue weighted by atomic mass is 32.2. The Kier molecular flexibility index (Phi) is 4.18. The summed E-state index contributed by atoms with van der Waals surface area (Å²) in [6.45, 7) is 3.89. The summed E-state index contributed by atoms with van der Waals surface area (Å²) in [4.78, 5) is 0.266. The summed E-state index contributed by atoms with van der Waals surface area (Å²) in [6.07, 6.45) is 3.25. The lowest BCUT2D eigenvalue weighted by Gasteiger charge is -2.29. The zero-order chi connectivity index (χ0) is 16.8. The fraction of sp³-hybridized carbons (Fsp3) is 0.600. The van der Waals surface area contributed by atoms with Crippen molar-refractivity contribution in [3.05, 3.63) is 23.3 Å². The second kappa shape index (κ2) is 5.75. The smallest absolute Gasteiger partial charge is 0.241 e. The Morgan fingerprint density at radius 1 is 1.13 bits per heavy atom. The zero-order valence-electron chi connectivity index (χ0n) is 13.4. The third kappa shape index (κ3) is 3.39. The van der Waals surface area contributed by atoms with E-state index < -0.39 is 20.0 Å². The van der Waals surface area contributed by atoms with Gasteiger partial charge in [-0.25, -0.2) is 21.6 Å². The van der Waals surface area contributed by atoms with Gasteiger partial charge >= 0.3 is 0 Å². The number of benzene rings is 1. The Hall–Kier alpha value is -1.12. The largest absolute Gasteiger partial charge is 0.270 e. The molecule has 1 saturated heterocycles. The van der Waals surface area contributed by atoms with E-state index in [0.717, 1.165) is 19.3 Å². The van der Waals surface area contributed by atoms with E-state index in [0.29, 0.717) is 29.8 Å². The Balaban J connectivity index is 2.00. The fourth-order valence-electron chi connectivity index (χ4n) is 3.05. The molecule has 1 aliphatic carbocycles. The maximum Gasteiger partial charge on any atom is 0.241 e. The molecule has 0 amide bonds. The van der Waals surface area contributed by atoms with Crippen molar-refractivity contribution in [1.29, 1.82) is 0 Å². The van der Waals surface area contributed by atoms with Crippen LogP contribution in [0.3, 0.4) is 0 Å². The number of sulfonamides is 2. The van der Waals surface area contributed by atoms with Crippen molar-refractivity contribution in [2.24, 2.45) is 0 Å². The first-order chi connectivity index (χ1) is 10.7. The predicted octanol–water partition coefficient (Wildman–Crippen LogP) is 1.67. The van der Waals surface area contributed by atoms with Gasteiger partial charge in [-0.1, -0.05) is 0 Å². The molecule has 128 valence electrons. The Bertz CT molecular complexity index is 804. The van der Waals surface area contributed by atoms with Crippen molar-refractivity contribution in [2.75, 3.05) is 16.6 Å². The van der Waals surface area contributed by atoms with E-state index in [4.69, 9.17) is 0 Å². The molecule has 2 aliphatic rings. The summed E-state index contributed by atoms with van der Waals surface area (Å²) in [7, 11) is -6.85. The molecular weight excluding hydrogens is 336 g/mol. The number of hydrogen-bond donors (Lipinski definition) is 1. The van der Waals surface area contributed by atoms with Crippen molar-refractivity contribution >= 4 is 25.7 Å². The third-order valence-corrected chi connectivity index (χ3v) is 7.94. The van der Waals surface area contributed by atoms with Gasteiger partial charge in [-0.2, -0.15) is 0 Å². The maximum atomic E-state index is 12.5. The highest BCUT2D eigenvalue weighted by Crippen LogP contribution is 2.31. The molecule has 0 atom stereocenters. The monoisotopic (exact) mass is 358 g/mol. The molecule has 1 aromatic rings. The van der Waals surface area contributed by atoms with E-state index >= 15 is 0 Å². The summed E-state index contributed by atoms with van der Waals surface area (Å²) < 4.78 is 53.6. The van der Waals surface area contributed by atoms with Gasteiger partial charge < -0.3 is 0 Å². The molecule has 1 aromatic carbocycles. The Morgan fingerprint density at radius 2 is 1.74 bits per heavy atom. The quantitative estimate of drug-likeness (QED) is 0.887. The number of rotatable bonds is 4. The molecule has 0 bridgehead atoms. The lowest BCUT2D eigenvalue weighted by atomic mass is 10.1. The van der Waals surface area contributed by atoms with Gasteiger partial charge in [0.2, 0.25) is 20.0 Å². The first-order valence-corrected chi connectivity index (χ1v) is 10.9. The van der Waals surface area contributed by atoms with Crippen LogP contribution in [0.15, 0.2) is 17.0 Å². The average molecular weight is 358 g/mol. The summed E-state index contributed by atoms with van der Waals surface area (Å²) in [5.74, 6) is 0.147. The van der Waals surface area contributed by atoms with Gasteiger partial charge in [-0.15, -0.1) is 0 Å². The maximum absolute atomic E-state index is 12.5. The Morgan fingerprint density at radius 3 is 2.26 bits per heavy atom. The van der Waals surface area contributed by atoms with Gasteiger partial charge in [0.25, 0.3) is 0 Å². The summed E-state index contributed by atoms with van der Waals surface area (Å²) >= 11 is 0. The van der Waals surface area contributed by atoms with Gasteiger partial charge in [-0.3, -0.25) is 4.31 Å². The number of hydrogen-bond acceptors (Lipinski definition) is 4. The number of nitrogens with one attached hydrogen (secondary N) is 1. The standard InChI is InChI=1S/C15H22N2O4S2/c1-11-9-14(17-7-3-4-8-22(17,18)19)10-12(2)15(11)23(20,21)16-13-5-6-13/h9-10,13,16H,3-8H2,1-2H3. The minimum Gasteiger partial charge on any atom is -0.270 e. The topological polar surface area (TPSA) is 83.6 Å². The molecule has 0 unspecified atom stereocenters. The van der Waals surface area contributed by atoms with Gasteiger partial charge in [0, 0.05) is 12.6 Å². The van der Waals surface area contributed by atoms with Crippen LogP contribution in [0.2, 0.25) is 0 Å². The van der Waals surface area contributed by atoms with E-state index in [2.05, 4.69) is 4.72 Å². The summed E-state index contributed by atoms with van der Waals surface area (Å²) in [6, 6.07) is 3.37. The SMILES string of the molecule is Cc1cc(N2CCCCS2(=O)=O)cc(C)c1S(=O)(=O)NC1CC1. The molecule has 1 heterocycles. The predicted molar refractivity (Wildman–Crippen MR) is 89.6 cm³/mol. The first kappa shape index (κ1) is 16.7. The van der Waals surface area contributed by atoms with E-state index in [1.807, 2.05) is 0 Å². The second-order valence-electron chi connectivity index (χ2n) is 6.40. The molecule has 8 heteroatoms. The van der Waals surface area contributed by atoms with Crippen LogP contribution in [-0.2, 0) is 20.0 Å². The molecule has 1 saturated carbocycles. The van der Waals surface area contributed by atoms with Crippen LogP contribution >= 0.6 is 0 Å². The van der Waals surface area contributed by atoms with Crippen LogP contribution in [0.5, 0.6) is 0 Å². The van der Waals surface area contributed by atoms with Gasteiger partial charge in [-0.05, 0) is 62.8 Å². The fourth-order valence-corrected chi connectivity index (χ4v) is 6.43. The molecule has 0 aromatic heterocycles. The molecule has 3 rings (SSSR count). The zero-order valence-corrected chi connectivity index (χ0v) is 15.0. The highest BCUT2D eigenvalue weighted by Gasteiger charge is 2.31. The molecule has 23 heavy (non-hydrogen) atoms. The molecule has 2 fully saturated rings. The molecule has 0 radical (unpaired) electrons. The van der Waals surface area contributed by atoms with Crippen molar-refractivity contribution in [3.8, 4) is 0 Å². The first-order valence-electron chi connectivity index (χ1n) is 7.85. The Labute approximate surface area is 138 Å². The average Bonchev–Trinajstić information content (AvgIpc) is 3.19. The van der Waals surface area contributed by atoms with Crippen LogP contribution in [0.4, 0.5) is 5.69 Å². The lowest BCUT2D eigenvalue weighted by molar-refractivity contribution is 0.574. The third-order valence-electron chi connectivity index (χ3n) is 4.25. The number of anilines is 1. The minimum atomic E-state index is -3.55. The summed E-state index contributed by atoms with van der Waals surface area (Å²) in [5.41, 5.74) is 1.72. The van der Waals surface area contributed by atoms with Crippen LogP contribution in [-0.4, -0.2) is 35.2 Å². The van der Waals surface area contributed by atoms with Crippen LogP contribution in [0.1, 0.15) is 36.8 Å². The molecule has 6 nitrogen and oxygen atoms in total. The lowest BCUT2D eigenvalue weighted by Crippen LogP contribution is -2.38. The van der Waals surface area contributed by atoms with E-state index in [9.17, 15) is 16.8 Å². The van der Waals surface area contributed by atoms with Gasteiger partial charge in [0.05, 0.1) is 16.3 Å².